The maximum Gasteiger partial charge on any atom is 0.416 e. The van der Waals surface area contributed by atoms with Gasteiger partial charge in [0.15, 0.2) is 0 Å². The van der Waals surface area contributed by atoms with E-state index in [4.69, 9.17) is 0 Å². The smallest absolute Gasteiger partial charge is 0.416 e. The number of imidazole rings is 1. The van der Waals surface area contributed by atoms with Gasteiger partial charge in [0.2, 0.25) is 5.88 Å². The first kappa shape index (κ1) is 17.0. The molecule has 136 valence electrons. The molecule has 0 unspecified atom stereocenters. The van der Waals surface area contributed by atoms with E-state index in [0.29, 0.717) is 16.6 Å². The number of hydrogen-bond acceptors (Lipinski definition) is 3. The molecule has 2 N–H and O–H groups in total. The molecule has 2 heterocycles. The van der Waals surface area contributed by atoms with E-state index in [1.54, 1.807) is 12.1 Å². The monoisotopic (exact) mass is 373 g/mol. The van der Waals surface area contributed by atoms with Crippen LogP contribution in [0.1, 0.15) is 5.56 Å². The molecule has 2 aromatic carbocycles. The molecule has 4 nitrogen and oxygen atoms in total. The summed E-state index contributed by atoms with van der Waals surface area (Å²) in [5, 5.41) is 9.22. The molecule has 0 fully saturated rings. The lowest BCUT2D eigenvalue weighted by atomic mass is 10.0. The molecule has 0 aliphatic rings. The van der Waals surface area contributed by atoms with Crippen molar-refractivity contribution < 1.29 is 22.7 Å². The van der Waals surface area contributed by atoms with Crippen molar-refractivity contribution in [1.29, 1.82) is 0 Å². The third-order valence-corrected chi connectivity index (χ3v) is 4.12. The van der Waals surface area contributed by atoms with Gasteiger partial charge in [0.05, 0.1) is 22.2 Å². The fourth-order valence-corrected chi connectivity index (χ4v) is 2.75. The molecular formula is C19H11F4N3O. The van der Waals surface area contributed by atoms with Crippen molar-refractivity contribution in [2.24, 2.45) is 0 Å². The van der Waals surface area contributed by atoms with Crippen molar-refractivity contribution in [1.82, 2.24) is 15.0 Å². The highest BCUT2D eigenvalue weighted by Gasteiger charge is 2.30. The minimum Gasteiger partial charge on any atom is -0.493 e. The lowest BCUT2D eigenvalue weighted by Gasteiger charge is -2.05. The maximum atomic E-state index is 14.6. The molecule has 0 aliphatic heterocycles. The highest BCUT2D eigenvalue weighted by Crippen LogP contribution is 2.32. The lowest BCUT2D eigenvalue weighted by molar-refractivity contribution is -0.137. The second kappa shape index (κ2) is 6.08. The molecule has 4 rings (SSSR count). The topological polar surface area (TPSA) is 61.8 Å². The molecule has 8 heteroatoms. The van der Waals surface area contributed by atoms with E-state index in [0.717, 1.165) is 12.1 Å². The summed E-state index contributed by atoms with van der Waals surface area (Å²) in [6, 6.07) is 10.5. The van der Waals surface area contributed by atoms with Crippen LogP contribution in [-0.2, 0) is 6.18 Å². The number of alkyl halides is 3. The molecule has 0 saturated carbocycles. The number of fused-ring (bicyclic) bond motifs is 1. The van der Waals surface area contributed by atoms with Gasteiger partial charge in [-0.2, -0.15) is 13.2 Å². The van der Waals surface area contributed by atoms with E-state index in [1.165, 1.54) is 30.5 Å². The van der Waals surface area contributed by atoms with Gasteiger partial charge in [-0.05, 0) is 42.0 Å². The molecule has 0 saturated heterocycles. The first-order valence-electron chi connectivity index (χ1n) is 7.83. The summed E-state index contributed by atoms with van der Waals surface area (Å²) in [6.07, 6.45) is -3.07. The Kier molecular flexibility index (Phi) is 3.83. The van der Waals surface area contributed by atoms with Gasteiger partial charge in [0.25, 0.3) is 0 Å². The van der Waals surface area contributed by atoms with E-state index < -0.39 is 17.6 Å². The van der Waals surface area contributed by atoms with Crippen molar-refractivity contribution in [3.63, 3.8) is 0 Å². The summed E-state index contributed by atoms with van der Waals surface area (Å²) in [5.41, 5.74) is 0.950. The molecule has 0 atom stereocenters. The van der Waals surface area contributed by atoms with Crippen LogP contribution >= 0.6 is 0 Å². The quantitative estimate of drug-likeness (QED) is 0.478. The zero-order valence-corrected chi connectivity index (χ0v) is 13.5. The zero-order chi connectivity index (χ0) is 19.2. The molecule has 0 radical (unpaired) electrons. The minimum atomic E-state index is -4.47. The number of H-pyrrole nitrogens is 1. The van der Waals surface area contributed by atoms with Crippen LogP contribution in [0.3, 0.4) is 0 Å². The summed E-state index contributed by atoms with van der Waals surface area (Å²) in [5.74, 6) is -0.593. The first-order chi connectivity index (χ1) is 12.8. The molecular weight excluding hydrogens is 362 g/mol. The number of hydrogen-bond donors (Lipinski definition) is 2. The number of nitrogens with one attached hydrogen (secondary N) is 1. The number of pyridine rings is 1. The van der Waals surface area contributed by atoms with Crippen LogP contribution in [0, 0.1) is 5.82 Å². The Balaban J connectivity index is 1.73. The van der Waals surface area contributed by atoms with E-state index in [2.05, 4.69) is 15.0 Å². The molecule has 2 aromatic heterocycles. The summed E-state index contributed by atoms with van der Waals surface area (Å²) in [6.45, 7) is 0. The largest absolute Gasteiger partial charge is 0.493 e. The number of nitrogens with zero attached hydrogens (tertiary/aromatic N) is 2. The molecule has 0 aliphatic carbocycles. The number of halogens is 4. The highest BCUT2D eigenvalue weighted by molar-refractivity contribution is 5.80. The SMILES string of the molecule is Oc1ccc(-c2ccc(-c3nc4cc(C(F)(F)F)ccc4[nH]3)c(F)c2)cn1. The Morgan fingerprint density at radius 3 is 2.37 bits per heavy atom. The predicted octanol–water partition coefficient (Wildman–Crippen LogP) is 5.16. The minimum absolute atomic E-state index is 0.103. The Bertz CT molecular complexity index is 1130. The highest BCUT2D eigenvalue weighted by atomic mass is 19.4. The fraction of sp³-hybridized carbons (Fsp3) is 0.0526. The molecule has 0 spiro atoms. The van der Waals surface area contributed by atoms with E-state index in [1.807, 2.05) is 0 Å². The van der Waals surface area contributed by atoms with Gasteiger partial charge in [-0.3, -0.25) is 0 Å². The molecule has 4 aromatic rings. The second-order valence-corrected chi connectivity index (χ2v) is 5.91. The Morgan fingerprint density at radius 2 is 1.70 bits per heavy atom. The number of benzene rings is 2. The first-order valence-corrected chi connectivity index (χ1v) is 7.83. The average molecular weight is 373 g/mol. The van der Waals surface area contributed by atoms with Crippen molar-refractivity contribution >= 4 is 11.0 Å². The summed E-state index contributed by atoms with van der Waals surface area (Å²) in [7, 11) is 0. The Hall–Kier alpha value is -3.42. The van der Waals surface area contributed by atoms with Crippen LogP contribution in [0.4, 0.5) is 17.6 Å². The zero-order valence-electron chi connectivity index (χ0n) is 13.5. The van der Waals surface area contributed by atoms with E-state index in [-0.39, 0.29) is 22.8 Å². The molecule has 0 amide bonds. The Morgan fingerprint density at radius 1 is 0.926 bits per heavy atom. The van der Waals surface area contributed by atoms with Gasteiger partial charge in [-0.25, -0.2) is 14.4 Å². The second-order valence-electron chi connectivity index (χ2n) is 5.91. The summed E-state index contributed by atoms with van der Waals surface area (Å²) in [4.78, 5) is 10.7. The van der Waals surface area contributed by atoms with Crippen molar-refractivity contribution in [2.75, 3.05) is 0 Å². The van der Waals surface area contributed by atoms with Crippen LogP contribution in [0.2, 0.25) is 0 Å². The average Bonchev–Trinajstić information content (AvgIpc) is 3.04. The number of aromatic hydroxyl groups is 1. The van der Waals surface area contributed by atoms with E-state index in [9.17, 15) is 22.7 Å². The Labute approximate surface area is 150 Å². The van der Waals surface area contributed by atoms with E-state index >= 15 is 0 Å². The summed E-state index contributed by atoms with van der Waals surface area (Å²) >= 11 is 0. The lowest BCUT2D eigenvalue weighted by Crippen LogP contribution is -2.04. The maximum absolute atomic E-state index is 14.6. The van der Waals surface area contributed by atoms with Crippen LogP contribution in [0.15, 0.2) is 54.7 Å². The van der Waals surface area contributed by atoms with Gasteiger partial charge >= 0.3 is 6.18 Å². The van der Waals surface area contributed by atoms with Gasteiger partial charge in [0.1, 0.15) is 11.6 Å². The van der Waals surface area contributed by atoms with Gasteiger partial charge in [-0.15, -0.1) is 0 Å². The third-order valence-electron chi connectivity index (χ3n) is 4.12. The third kappa shape index (κ3) is 3.21. The molecule has 0 bridgehead atoms. The van der Waals surface area contributed by atoms with Gasteiger partial charge < -0.3 is 10.1 Å². The van der Waals surface area contributed by atoms with Crippen molar-refractivity contribution in [3.05, 3.63) is 66.1 Å². The van der Waals surface area contributed by atoms with Crippen LogP contribution < -0.4 is 0 Å². The van der Waals surface area contributed by atoms with Crippen LogP contribution in [-0.4, -0.2) is 20.1 Å². The normalized spacial score (nSPS) is 11.9. The molecule has 27 heavy (non-hydrogen) atoms. The fourth-order valence-electron chi connectivity index (χ4n) is 2.75. The summed E-state index contributed by atoms with van der Waals surface area (Å²) < 4.78 is 53.1. The predicted molar refractivity (Wildman–Crippen MR) is 91.4 cm³/mol. The van der Waals surface area contributed by atoms with Crippen molar-refractivity contribution in [3.8, 4) is 28.4 Å². The number of aromatic amines is 1. The number of rotatable bonds is 2. The van der Waals surface area contributed by atoms with Crippen molar-refractivity contribution in [2.45, 2.75) is 6.18 Å². The van der Waals surface area contributed by atoms with Gasteiger partial charge in [-0.1, -0.05) is 6.07 Å². The standard InChI is InChI=1S/C19H11F4N3O/c20-14-7-10(11-2-6-17(27)24-9-11)1-4-13(14)18-25-15-5-3-12(19(21,22)23)8-16(15)26-18/h1-9H,(H,24,27)(H,25,26). The number of aromatic nitrogens is 3. The van der Waals surface area contributed by atoms with Gasteiger partial charge in [0, 0.05) is 17.8 Å². The van der Waals surface area contributed by atoms with Crippen LogP contribution in [0.25, 0.3) is 33.5 Å². The van der Waals surface area contributed by atoms with Crippen LogP contribution in [0.5, 0.6) is 5.88 Å².